The Labute approximate surface area is 128 Å². The van der Waals surface area contributed by atoms with Crippen LogP contribution in [0, 0.1) is 11.6 Å². The molecule has 0 saturated carbocycles. The van der Waals surface area contributed by atoms with Crippen LogP contribution in [0.3, 0.4) is 0 Å². The van der Waals surface area contributed by atoms with Gasteiger partial charge in [-0.2, -0.15) is 0 Å². The van der Waals surface area contributed by atoms with Crippen molar-refractivity contribution >= 4 is 32.5 Å². The van der Waals surface area contributed by atoms with Gasteiger partial charge in [0.15, 0.2) is 17.4 Å². The Morgan fingerprint density at radius 2 is 1.62 bits per heavy atom. The first-order chi connectivity index (χ1) is 10.1. The van der Waals surface area contributed by atoms with Gasteiger partial charge in [-0.05, 0) is 41.1 Å². The van der Waals surface area contributed by atoms with Gasteiger partial charge >= 0.3 is 0 Å². The second-order valence-electron chi connectivity index (χ2n) is 4.64. The number of carbonyl (C=O) groups excluding carboxylic acids is 1. The summed E-state index contributed by atoms with van der Waals surface area (Å²) < 4.78 is 27.9. The zero-order valence-electron chi connectivity index (χ0n) is 10.7. The van der Waals surface area contributed by atoms with Crippen LogP contribution in [-0.4, -0.2) is 5.78 Å². The highest BCUT2D eigenvalue weighted by molar-refractivity contribution is 9.10. The topological polar surface area (TPSA) is 17.1 Å². The summed E-state index contributed by atoms with van der Waals surface area (Å²) in [5.41, 5.74) is 0.0702. The average molecular weight is 347 g/mol. The molecule has 0 aliphatic rings. The molecule has 0 spiro atoms. The predicted octanol–water partition coefficient (Wildman–Crippen LogP) is 5.11. The maximum absolute atomic E-state index is 13.7. The van der Waals surface area contributed by atoms with E-state index in [1.54, 1.807) is 18.2 Å². The fraction of sp³-hybridized carbons (Fsp3) is 0. The van der Waals surface area contributed by atoms with Crippen LogP contribution in [0.25, 0.3) is 10.8 Å². The van der Waals surface area contributed by atoms with Crippen molar-refractivity contribution in [3.05, 3.63) is 81.8 Å². The van der Waals surface area contributed by atoms with E-state index in [0.29, 0.717) is 5.56 Å². The van der Waals surface area contributed by atoms with Crippen LogP contribution in [0.4, 0.5) is 8.78 Å². The Balaban J connectivity index is 2.09. The van der Waals surface area contributed by atoms with E-state index in [1.807, 2.05) is 18.2 Å². The number of fused-ring (bicyclic) bond motifs is 1. The SMILES string of the molecule is O=C(c1ccc2cc(Br)ccc2c1)c1cccc(F)c1F. The summed E-state index contributed by atoms with van der Waals surface area (Å²) in [6.07, 6.45) is 0. The third-order valence-corrected chi connectivity index (χ3v) is 3.75. The molecule has 0 unspecified atom stereocenters. The van der Waals surface area contributed by atoms with Gasteiger partial charge in [-0.25, -0.2) is 8.78 Å². The van der Waals surface area contributed by atoms with E-state index >= 15 is 0 Å². The molecule has 0 amide bonds. The van der Waals surface area contributed by atoms with Crippen molar-refractivity contribution in [1.82, 2.24) is 0 Å². The molecule has 104 valence electrons. The molecule has 3 rings (SSSR count). The minimum absolute atomic E-state index is 0.258. The van der Waals surface area contributed by atoms with Crippen molar-refractivity contribution in [3.63, 3.8) is 0 Å². The average Bonchev–Trinajstić information content (AvgIpc) is 2.49. The molecule has 4 heteroatoms. The van der Waals surface area contributed by atoms with E-state index in [1.165, 1.54) is 12.1 Å². The molecular formula is C17H9BrF2O. The number of halogens is 3. The van der Waals surface area contributed by atoms with Gasteiger partial charge in [0.05, 0.1) is 5.56 Å². The molecule has 0 fully saturated rings. The Morgan fingerprint density at radius 3 is 2.43 bits per heavy atom. The maximum atomic E-state index is 13.7. The van der Waals surface area contributed by atoms with Gasteiger partial charge in [0.25, 0.3) is 0 Å². The lowest BCUT2D eigenvalue weighted by Gasteiger charge is -2.05. The minimum atomic E-state index is -1.11. The second-order valence-corrected chi connectivity index (χ2v) is 5.55. The largest absolute Gasteiger partial charge is 0.288 e. The first kappa shape index (κ1) is 13.9. The van der Waals surface area contributed by atoms with Crippen molar-refractivity contribution in [2.45, 2.75) is 0 Å². The molecule has 0 aromatic heterocycles. The monoisotopic (exact) mass is 346 g/mol. The summed E-state index contributed by atoms with van der Waals surface area (Å²) in [4.78, 5) is 12.3. The highest BCUT2D eigenvalue weighted by atomic mass is 79.9. The lowest BCUT2D eigenvalue weighted by atomic mass is 9.99. The van der Waals surface area contributed by atoms with E-state index in [0.717, 1.165) is 21.3 Å². The summed E-state index contributed by atoms with van der Waals surface area (Å²) in [6, 6.07) is 14.3. The molecule has 0 atom stereocenters. The van der Waals surface area contributed by atoms with Gasteiger partial charge in [0, 0.05) is 10.0 Å². The normalized spacial score (nSPS) is 10.8. The summed E-state index contributed by atoms with van der Waals surface area (Å²) in [6.45, 7) is 0. The smallest absolute Gasteiger partial charge is 0.196 e. The molecule has 0 saturated heterocycles. The summed E-state index contributed by atoms with van der Waals surface area (Å²) in [5, 5.41) is 1.82. The number of hydrogen-bond donors (Lipinski definition) is 0. The molecule has 1 nitrogen and oxygen atoms in total. The lowest BCUT2D eigenvalue weighted by molar-refractivity contribution is 0.103. The molecular weight excluding hydrogens is 338 g/mol. The van der Waals surface area contributed by atoms with Gasteiger partial charge in [-0.1, -0.05) is 40.2 Å². The minimum Gasteiger partial charge on any atom is -0.288 e. The molecule has 0 bridgehead atoms. The van der Waals surface area contributed by atoms with Gasteiger partial charge in [0.2, 0.25) is 0 Å². The number of ketones is 1. The van der Waals surface area contributed by atoms with Gasteiger partial charge in [-0.3, -0.25) is 4.79 Å². The van der Waals surface area contributed by atoms with Crippen LogP contribution in [0.2, 0.25) is 0 Å². The van der Waals surface area contributed by atoms with E-state index in [-0.39, 0.29) is 5.56 Å². The summed E-state index contributed by atoms with van der Waals surface area (Å²) in [7, 11) is 0. The zero-order valence-corrected chi connectivity index (χ0v) is 12.3. The zero-order chi connectivity index (χ0) is 15.0. The first-order valence-electron chi connectivity index (χ1n) is 6.24. The van der Waals surface area contributed by atoms with Crippen molar-refractivity contribution in [3.8, 4) is 0 Å². The Kier molecular flexibility index (Phi) is 3.55. The number of carbonyl (C=O) groups is 1. The van der Waals surface area contributed by atoms with E-state index in [4.69, 9.17) is 0 Å². The highest BCUT2D eigenvalue weighted by Crippen LogP contribution is 2.23. The molecule has 0 N–H and O–H groups in total. The fourth-order valence-corrected chi connectivity index (χ4v) is 2.57. The predicted molar refractivity (Wildman–Crippen MR) is 81.4 cm³/mol. The van der Waals surface area contributed by atoms with Crippen molar-refractivity contribution in [1.29, 1.82) is 0 Å². The molecule has 0 heterocycles. The molecule has 0 radical (unpaired) electrons. The molecule has 0 aliphatic carbocycles. The Bertz CT molecular complexity index is 859. The summed E-state index contributed by atoms with van der Waals surface area (Å²) >= 11 is 3.38. The van der Waals surface area contributed by atoms with E-state index < -0.39 is 17.4 Å². The van der Waals surface area contributed by atoms with Crippen LogP contribution in [-0.2, 0) is 0 Å². The molecule has 3 aromatic carbocycles. The van der Waals surface area contributed by atoms with Crippen LogP contribution in [0.1, 0.15) is 15.9 Å². The van der Waals surface area contributed by atoms with E-state index in [2.05, 4.69) is 15.9 Å². The van der Waals surface area contributed by atoms with Gasteiger partial charge in [-0.15, -0.1) is 0 Å². The summed E-state index contributed by atoms with van der Waals surface area (Å²) in [5.74, 6) is -2.67. The van der Waals surface area contributed by atoms with Crippen LogP contribution >= 0.6 is 15.9 Å². The first-order valence-corrected chi connectivity index (χ1v) is 7.03. The number of benzene rings is 3. The maximum Gasteiger partial charge on any atom is 0.196 e. The van der Waals surface area contributed by atoms with E-state index in [9.17, 15) is 13.6 Å². The van der Waals surface area contributed by atoms with Crippen LogP contribution < -0.4 is 0 Å². The van der Waals surface area contributed by atoms with Crippen molar-refractivity contribution in [2.75, 3.05) is 0 Å². The Hall–Kier alpha value is -2.07. The quantitative estimate of drug-likeness (QED) is 0.589. The van der Waals surface area contributed by atoms with Crippen molar-refractivity contribution < 1.29 is 13.6 Å². The number of hydrogen-bond acceptors (Lipinski definition) is 1. The Morgan fingerprint density at radius 1 is 0.905 bits per heavy atom. The molecule has 3 aromatic rings. The molecule has 21 heavy (non-hydrogen) atoms. The fourth-order valence-electron chi connectivity index (χ4n) is 2.19. The third-order valence-electron chi connectivity index (χ3n) is 3.26. The van der Waals surface area contributed by atoms with Crippen LogP contribution in [0.15, 0.2) is 59.1 Å². The highest BCUT2D eigenvalue weighted by Gasteiger charge is 2.17. The van der Waals surface area contributed by atoms with Gasteiger partial charge in [0.1, 0.15) is 0 Å². The van der Waals surface area contributed by atoms with Gasteiger partial charge < -0.3 is 0 Å². The lowest BCUT2D eigenvalue weighted by Crippen LogP contribution is -2.05. The molecule has 0 aliphatic heterocycles. The third kappa shape index (κ3) is 2.59. The standard InChI is InChI=1S/C17H9BrF2O/c18-13-7-6-10-8-12(5-4-11(10)9-13)17(21)14-2-1-3-15(19)16(14)20/h1-9H. The number of rotatable bonds is 2. The van der Waals surface area contributed by atoms with Crippen molar-refractivity contribution in [2.24, 2.45) is 0 Å². The second kappa shape index (κ2) is 5.37. The van der Waals surface area contributed by atoms with Crippen LogP contribution in [0.5, 0.6) is 0 Å².